The average molecular weight is 306 g/mol. The molecule has 0 aromatic heterocycles. The van der Waals surface area contributed by atoms with Gasteiger partial charge in [-0.05, 0) is 61.7 Å². The third kappa shape index (κ3) is 4.96. The van der Waals surface area contributed by atoms with Gasteiger partial charge in [-0.25, -0.2) is 0 Å². The van der Waals surface area contributed by atoms with Gasteiger partial charge in [0.2, 0.25) is 0 Å². The maximum absolute atomic E-state index is 11.1. The van der Waals surface area contributed by atoms with E-state index in [1.165, 1.54) is 0 Å². The molecule has 0 bridgehead atoms. The lowest BCUT2D eigenvalue weighted by atomic mass is 10.0. The highest BCUT2D eigenvalue weighted by Crippen LogP contribution is 2.20. The molecule has 0 aliphatic heterocycles. The largest absolute Gasteiger partial charge is 0.491 e. The third-order valence-electron chi connectivity index (χ3n) is 3.31. The summed E-state index contributed by atoms with van der Waals surface area (Å²) in [5.41, 5.74) is 4.80. The fraction of sp³-hybridized carbons (Fsp3) is 0.190. The second-order valence-corrected chi connectivity index (χ2v) is 5.86. The summed E-state index contributed by atoms with van der Waals surface area (Å²) >= 11 is 0. The smallest absolute Gasteiger partial charge is 0.150 e. The first-order valence-electron chi connectivity index (χ1n) is 7.69. The molecule has 0 N–H and O–H groups in total. The molecule has 23 heavy (non-hydrogen) atoms. The molecule has 2 nitrogen and oxygen atoms in total. The third-order valence-corrected chi connectivity index (χ3v) is 3.31. The normalized spacial score (nSPS) is 11.0. The predicted octanol–water partition coefficient (Wildman–Crippen LogP) is 5.49. The Morgan fingerprint density at radius 3 is 2.39 bits per heavy atom. The molecule has 0 aliphatic rings. The number of ether oxygens (including phenoxy) is 1. The number of allylic oxidation sites excluding steroid dienone is 1. The average Bonchev–Trinajstić information content (AvgIpc) is 2.52. The van der Waals surface area contributed by atoms with Crippen LogP contribution in [-0.4, -0.2) is 12.4 Å². The van der Waals surface area contributed by atoms with Crippen molar-refractivity contribution in [2.75, 3.05) is 0 Å². The summed E-state index contributed by atoms with van der Waals surface area (Å²) in [5.74, 6) is 0.708. The van der Waals surface area contributed by atoms with Crippen LogP contribution in [0.5, 0.6) is 5.75 Å². The molecule has 0 unspecified atom stereocenters. The summed E-state index contributed by atoms with van der Waals surface area (Å²) in [4.78, 5) is 11.1. The number of carbonyl (C=O) groups excluding carboxylic acids is 1. The van der Waals surface area contributed by atoms with Gasteiger partial charge in [-0.3, -0.25) is 4.79 Å². The summed E-state index contributed by atoms with van der Waals surface area (Å²) in [7, 11) is 0. The Morgan fingerprint density at radius 2 is 1.74 bits per heavy atom. The predicted molar refractivity (Wildman–Crippen MR) is 97.7 cm³/mol. The van der Waals surface area contributed by atoms with Crippen LogP contribution >= 0.6 is 0 Å². The van der Waals surface area contributed by atoms with E-state index < -0.39 is 0 Å². The number of hydrogen-bond acceptors (Lipinski definition) is 2. The zero-order valence-electron chi connectivity index (χ0n) is 13.9. The van der Waals surface area contributed by atoms with E-state index in [9.17, 15) is 4.79 Å². The summed E-state index contributed by atoms with van der Waals surface area (Å²) in [6.07, 6.45) is 4.92. The van der Waals surface area contributed by atoms with Gasteiger partial charge in [0.05, 0.1) is 6.10 Å². The van der Waals surface area contributed by atoms with E-state index in [1.54, 1.807) is 6.07 Å². The first-order valence-corrected chi connectivity index (χ1v) is 7.69. The molecule has 0 spiro atoms. The first kappa shape index (κ1) is 16.8. The quantitative estimate of drug-likeness (QED) is 0.521. The summed E-state index contributed by atoms with van der Waals surface area (Å²) in [5, 5.41) is 0. The van der Waals surface area contributed by atoms with Crippen LogP contribution in [0.1, 0.15) is 47.8 Å². The van der Waals surface area contributed by atoms with Gasteiger partial charge in [0.25, 0.3) is 0 Å². The van der Waals surface area contributed by atoms with Gasteiger partial charge >= 0.3 is 0 Å². The first-order chi connectivity index (χ1) is 11.0. The molecule has 0 atom stereocenters. The van der Waals surface area contributed by atoms with Crippen molar-refractivity contribution in [2.45, 2.75) is 26.9 Å². The van der Waals surface area contributed by atoms with Gasteiger partial charge < -0.3 is 4.74 Å². The van der Waals surface area contributed by atoms with Crippen molar-refractivity contribution < 1.29 is 9.53 Å². The van der Waals surface area contributed by atoms with Crippen molar-refractivity contribution in [3.8, 4) is 5.75 Å². The fourth-order valence-corrected chi connectivity index (χ4v) is 2.25. The molecule has 118 valence electrons. The Balaban J connectivity index is 2.29. The van der Waals surface area contributed by atoms with Crippen molar-refractivity contribution in [2.24, 2.45) is 0 Å². The molecule has 0 aliphatic carbocycles. The monoisotopic (exact) mass is 306 g/mol. The zero-order chi connectivity index (χ0) is 16.8. The van der Waals surface area contributed by atoms with Crippen molar-refractivity contribution in [3.63, 3.8) is 0 Å². The Morgan fingerprint density at radius 1 is 1.04 bits per heavy atom. The van der Waals surface area contributed by atoms with E-state index >= 15 is 0 Å². The second-order valence-electron chi connectivity index (χ2n) is 5.86. The van der Waals surface area contributed by atoms with E-state index in [-0.39, 0.29) is 6.10 Å². The molecule has 2 aromatic carbocycles. The number of benzene rings is 2. The topological polar surface area (TPSA) is 26.3 Å². The highest BCUT2D eigenvalue weighted by molar-refractivity contribution is 5.80. The Labute approximate surface area is 138 Å². The fourth-order valence-electron chi connectivity index (χ4n) is 2.25. The molecule has 0 saturated heterocycles. The molecule has 0 fully saturated rings. The van der Waals surface area contributed by atoms with Gasteiger partial charge in [0.15, 0.2) is 0 Å². The lowest BCUT2D eigenvalue weighted by Gasteiger charge is -2.11. The van der Waals surface area contributed by atoms with Crippen LogP contribution < -0.4 is 4.74 Å². The van der Waals surface area contributed by atoms with Crippen molar-refractivity contribution >= 4 is 24.0 Å². The Hall–Kier alpha value is -2.61. The summed E-state index contributed by atoms with van der Waals surface area (Å²) < 4.78 is 5.70. The van der Waals surface area contributed by atoms with E-state index in [0.717, 1.165) is 28.5 Å². The van der Waals surface area contributed by atoms with Gasteiger partial charge in [0.1, 0.15) is 12.0 Å². The highest BCUT2D eigenvalue weighted by Gasteiger charge is 2.02. The van der Waals surface area contributed by atoms with Gasteiger partial charge in [-0.1, -0.05) is 42.5 Å². The Kier molecular flexibility index (Phi) is 5.53. The van der Waals surface area contributed by atoms with Crippen molar-refractivity contribution in [1.82, 2.24) is 0 Å². The van der Waals surface area contributed by atoms with Crippen LogP contribution in [-0.2, 0) is 0 Å². The minimum atomic E-state index is 0.0704. The van der Waals surface area contributed by atoms with Crippen LogP contribution in [0.4, 0.5) is 0 Å². The molecule has 2 heteroatoms. The second kappa shape index (κ2) is 7.59. The van der Waals surface area contributed by atoms with Crippen LogP contribution in [0.25, 0.3) is 17.7 Å². The van der Waals surface area contributed by atoms with Crippen LogP contribution in [0.15, 0.2) is 49.0 Å². The van der Waals surface area contributed by atoms with Gasteiger partial charge in [0, 0.05) is 5.56 Å². The van der Waals surface area contributed by atoms with Crippen LogP contribution in [0, 0.1) is 0 Å². The molecule has 0 heterocycles. The van der Waals surface area contributed by atoms with E-state index in [2.05, 4.69) is 12.6 Å². The number of aldehydes is 1. The van der Waals surface area contributed by atoms with Crippen molar-refractivity contribution in [3.05, 3.63) is 71.3 Å². The molecule has 2 rings (SSSR count). The summed E-state index contributed by atoms with van der Waals surface area (Å²) in [6.45, 7) is 9.89. The maximum atomic E-state index is 11.1. The van der Waals surface area contributed by atoms with Gasteiger partial charge in [-0.2, -0.15) is 0 Å². The van der Waals surface area contributed by atoms with Crippen LogP contribution in [0.2, 0.25) is 0 Å². The lowest BCUT2D eigenvalue weighted by Crippen LogP contribution is -2.05. The molecular formula is C21H22O2. The maximum Gasteiger partial charge on any atom is 0.150 e. The summed E-state index contributed by atoms with van der Waals surface area (Å²) in [6, 6.07) is 13.7. The zero-order valence-corrected chi connectivity index (χ0v) is 13.9. The molecule has 0 saturated carbocycles. The number of rotatable bonds is 6. The molecule has 2 aromatic rings. The van der Waals surface area contributed by atoms with E-state index in [4.69, 9.17) is 4.74 Å². The van der Waals surface area contributed by atoms with E-state index in [0.29, 0.717) is 11.3 Å². The minimum Gasteiger partial charge on any atom is -0.491 e. The molecule has 0 amide bonds. The standard InChI is InChI=1S/C21H22O2/c1-15(2)20-7-5-6-17(11-20)8-9-18-10-19(14-22)13-21(12-18)23-16(3)4/h5-14,16H,1H2,2-4H3/b9-8+. The molecular weight excluding hydrogens is 284 g/mol. The van der Waals surface area contributed by atoms with Gasteiger partial charge in [-0.15, -0.1) is 0 Å². The molecule has 0 radical (unpaired) electrons. The van der Waals surface area contributed by atoms with Crippen molar-refractivity contribution in [1.29, 1.82) is 0 Å². The SMILES string of the molecule is C=C(C)c1cccc(/C=C/c2cc(C=O)cc(OC(C)C)c2)c1. The Bertz CT molecular complexity index is 739. The highest BCUT2D eigenvalue weighted by atomic mass is 16.5. The minimum absolute atomic E-state index is 0.0704. The number of hydrogen-bond donors (Lipinski definition) is 0. The van der Waals surface area contributed by atoms with E-state index in [1.807, 2.05) is 63.3 Å². The lowest BCUT2D eigenvalue weighted by molar-refractivity contribution is 0.112. The van der Waals surface area contributed by atoms with Crippen LogP contribution in [0.3, 0.4) is 0 Å². The number of carbonyl (C=O) groups is 1.